The van der Waals surface area contributed by atoms with Crippen LogP contribution in [-0.2, 0) is 14.9 Å². The Hall–Kier alpha value is -3.76. The second-order valence-electron chi connectivity index (χ2n) is 9.16. The van der Waals surface area contributed by atoms with Crippen molar-refractivity contribution in [1.29, 1.82) is 0 Å². The van der Waals surface area contributed by atoms with Crippen LogP contribution in [0.4, 0.5) is 4.79 Å². The number of methoxy groups -OCH3 is 1. The summed E-state index contributed by atoms with van der Waals surface area (Å²) in [6, 6.07) is 18.1. The average Bonchev–Trinajstić information content (AvgIpc) is 3.17. The Kier molecular flexibility index (Phi) is 8.66. The van der Waals surface area contributed by atoms with Gasteiger partial charge in [-0.15, -0.1) is 0 Å². The van der Waals surface area contributed by atoms with E-state index in [2.05, 4.69) is 13.8 Å². The molecule has 4 rings (SSSR count). The molecule has 3 aromatic carbocycles. The number of nitrogens with zero attached hydrogens (tertiary/aromatic N) is 1. The van der Waals surface area contributed by atoms with E-state index in [0.29, 0.717) is 11.3 Å². The first kappa shape index (κ1) is 28.3. The second kappa shape index (κ2) is 12.0. The molecular formula is C29H29NO7S2. The van der Waals surface area contributed by atoms with Crippen molar-refractivity contribution in [3.8, 4) is 17.2 Å². The van der Waals surface area contributed by atoms with E-state index >= 15 is 0 Å². The van der Waals surface area contributed by atoms with Gasteiger partial charge in [0, 0.05) is 0 Å². The van der Waals surface area contributed by atoms with Crippen molar-refractivity contribution in [2.75, 3.05) is 20.3 Å². The van der Waals surface area contributed by atoms with Crippen LogP contribution in [0.2, 0.25) is 0 Å². The fourth-order valence-corrected chi connectivity index (χ4v) is 5.67. The van der Waals surface area contributed by atoms with Crippen LogP contribution in [0.3, 0.4) is 0 Å². The molecule has 0 bridgehead atoms. The van der Waals surface area contributed by atoms with Crippen molar-refractivity contribution < 1.29 is 31.7 Å². The van der Waals surface area contributed by atoms with Crippen LogP contribution in [0.15, 0.2) is 76.5 Å². The summed E-state index contributed by atoms with van der Waals surface area (Å²) in [5.41, 5.74) is 2.75. The molecular weight excluding hydrogens is 538 g/mol. The highest BCUT2D eigenvalue weighted by atomic mass is 32.2. The number of hydrogen-bond donors (Lipinski definition) is 0. The minimum absolute atomic E-state index is 0.00661. The highest BCUT2D eigenvalue weighted by Crippen LogP contribution is 2.33. The Morgan fingerprint density at radius 1 is 0.949 bits per heavy atom. The lowest BCUT2D eigenvalue weighted by Gasteiger charge is -2.17. The first-order valence-electron chi connectivity index (χ1n) is 12.2. The van der Waals surface area contributed by atoms with Crippen molar-refractivity contribution in [1.82, 2.24) is 4.90 Å². The zero-order valence-electron chi connectivity index (χ0n) is 22.0. The highest BCUT2D eigenvalue weighted by Gasteiger charge is 2.34. The maximum absolute atomic E-state index is 12.9. The molecule has 3 aromatic rings. The van der Waals surface area contributed by atoms with Gasteiger partial charge in [-0.2, -0.15) is 8.42 Å². The average molecular weight is 568 g/mol. The Morgan fingerprint density at radius 3 is 2.26 bits per heavy atom. The van der Waals surface area contributed by atoms with Gasteiger partial charge in [0.1, 0.15) is 28.8 Å². The van der Waals surface area contributed by atoms with Gasteiger partial charge in [0.2, 0.25) is 0 Å². The molecule has 0 unspecified atom stereocenters. The normalized spacial score (nSPS) is 14.8. The van der Waals surface area contributed by atoms with Crippen LogP contribution >= 0.6 is 11.8 Å². The monoisotopic (exact) mass is 567 g/mol. The van der Waals surface area contributed by atoms with Crippen LogP contribution in [0.25, 0.3) is 6.08 Å². The molecule has 1 saturated heterocycles. The Labute approximate surface area is 232 Å². The molecule has 0 spiro atoms. The lowest BCUT2D eigenvalue weighted by Crippen LogP contribution is -2.32. The third-order valence-electron chi connectivity index (χ3n) is 5.97. The smallest absolute Gasteiger partial charge is 0.339 e. The Bertz CT molecular complexity index is 1500. The van der Waals surface area contributed by atoms with Crippen molar-refractivity contribution in [3.05, 3.63) is 88.3 Å². The molecule has 1 aliphatic rings. The van der Waals surface area contributed by atoms with Gasteiger partial charge in [-0.05, 0) is 89.8 Å². The molecule has 1 fully saturated rings. The van der Waals surface area contributed by atoms with Crippen molar-refractivity contribution in [2.24, 2.45) is 0 Å². The van der Waals surface area contributed by atoms with Gasteiger partial charge in [-0.3, -0.25) is 14.5 Å². The number of hydrogen-bond acceptors (Lipinski definition) is 8. The minimum atomic E-state index is -4.03. The van der Waals surface area contributed by atoms with Gasteiger partial charge in [0.05, 0.1) is 18.6 Å². The number of amides is 2. The molecule has 2 amide bonds. The minimum Gasteiger partial charge on any atom is -0.497 e. The SMILES string of the molecule is COc1ccc(S(=O)(=O)Oc2ccc(/C=C3\SC(=O)N(CCOc4cc(C)ccc4C(C)C)C3=O)cc2)cc1. The molecule has 0 radical (unpaired) electrons. The zero-order chi connectivity index (χ0) is 28.2. The number of rotatable bonds is 10. The van der Waals surface area contributed by atoms with Gasteiger partial charge in [-0.25, -0.2) is 0 Å². The van der Waals surface area contributed by atoms with Gasteiger partial charge >= 0.3 is 10.1 Å². The van der Waals surface area contributed by atoms with Crippen LogP contribution < -0.4 is 13.7 Å². The number of benzene rings is 3. The summed E-state index contributed by atoms with van der Waals surface area (Å²) >= 11 is 0.853. The van der Waals surface area contributed by atoms with Crippen molar-refractivity contribution in [2.45, 2.75) is 31.6 Å². The third-order valence-corrected chi connectivity index (χ3v) is 8.14. The number of carbonyl (C=O) groups excluding carboxylic acids is 2. The molecule has 1 aliphatic heterocycles. The summed E-state index contributed by atoms with van der Waals surface area (Å²) in [6.07, 6.45) is 1.59. The van der Waals surface area contributed by atoms with Crippen LogP contribution in [0.5, 0.6) is 17.2 Å². The standard InChI is InChI=1S/C29H29NO7S2/c1-19(2)25-14-5-20(3)17-26(25)36-16-15-30-28(31)27(38-29(30)32)18-21-6-8-23(9-7-21)37-39(33,34)24-12-10-22(35-4)11-13-24/h5-14,17-19H,15-16H2,1-4H3/b27-18-. The van der Waals surface area contributed by atoms with Crippen LogP contribution in [0, 0.1) is 6.92 Å². The topological polar surface area (TPSA) is 99.2 Å². The maximum Gasteiger partial charge on any atom is 0.339 e. The number of carbonyl (C=O) groups is 2. The summed E-state index contributed by atoms with van der Waals surface area (Å²) in [6.45, 7) is 6.46. The molecule has 1 heterocycles. The van der Waals surface area contributed by atoms with Gasteiger partial charge in [0.25, 0.3) is 11.1 Å². The van der Waals surface area contributed by atoms with Gasteiger partial charge < -0.3 is 13.7 Å². The molecule has 0 aromatic heterocycles. The summed E-state index contributed by atoms with van der Waals surface area (Å²) in [4.78, 5) is 26.9. The quantitative estimate of drug-likeness (QED) is 0.217. The highest BCUT2D eigenvalue weighted by molar-refractivity contribution is 8.18. The molecule has 0 saturated carbocycles. The van der Waals surface area contributed by atoms with Crippen molar-refractivity contribution >= 4 is 39.1 Å². The van der Waals surface area contributed by atoms with E-state index in [0.717, 1.165) is 28.6 Å². The zero-order valence-corrected chi connectivity index (χ0v) is 23.7. The van der Waals surface area contributed by atoms with E-state index < -0.39 is 16.0 Å². The largest absolute Gasteiger partial charge is 0.497 e. The second-order valence-corrected chi connectivity index (χ2v) is 11.7. The number of thioether (sulfide) groups is 1. The van der Waals surface area contributed by atoms with Crippen molar-refractivity contribution in [3.63, 3.8) is 0 Å². The van der Waals surface area contributed by atoms with Gasteiger partial charge in [0.15, 0.2) is 0 Å². The number of ether oxygens (including phenoxy) is 2. The van der Waals surface area contributed by atoms with Crippen LogP contribution in [-0.4, -0.2) is 44.7 Å². The molecule has 0 atom stereocenters. The first-order valence-corrected chi connectivity index (χ1v) is 14.5. The fourth-order valence-electron chi connectivity index (χ4n) is 3.87. The lowest BCUT2D eigenvalue weighted by atomic mass is 10.0. The van der Waals surface area contributed by atoms with E-state index in [-0.39, 0.29) is 39.9 Å². The van der Waals surface area contributed by atoms with Gasteiger partial charge in [-0.1, -0.05) is 38.1 Å². The summed E-state index contributed by atoms with van der Waals surface area (Å²) in [5, 5.41) is -0.367. The molecule has 204 valence electrons. The third kappa shape index (κ3) is 6.82. The van der Waals surface area contributed by atoms with E-state index in [9.17, 15) is 18.0 Å². The first-order chi connectivity index (χ1) is 18.6. The molecule has 8 nitrogen and oxygen atoms in total. The fraction of sp³-hybridized carbons (Fsp3) is 0.241. The lowest BCUT2D eigenvalue weighted by molar-refractivity contribution is -0.123. The van der Waals surface area contributed by atoms with E-state index in [1.165, 1.54) is 48.4 Å². The Morgan fingerprint density at radius 2 is 1.62 bits per heavy atom. The van der Waals surface area contributed by atoms with E-state index in [1.807, 2.05) is 25.1 Å². The predicted molar refractivity (Wildman–Crippen MR) is 151 cm³/mol. The van der Waals surface area contributed by atoms with Crippen LogP contribution in [0.1, 0.15) is 36.5 Å². The summed E-state index contributed by atoms with van der Waals surface area (Å²) in [5.74, 6) is 1.28. The summed E-state index contributed by atoms with van der Waals surface area (Å²) < 4.78 is 41.3. The predicted octanol–water partition coefficient (Wildman–Crippen LogP) is 6.01. The Balaban J connectivity index is 1.38. The van der Waals surface area contributed by atoms with E-state index in [4.69, 9.17) is 13.7 Å². The van der Waals surface area contributed by atoms with E-state index in [1.54, 1.807) is 18.2 Å². The summed E-state index contributed by atoms with van der Waals surface area (Å²) in [7, 11) is -2.54. The number of imide groups is 1. The molecule has 0 aliphatic carbocycles. The molecule has 10 heteroatoms. The molecule has 39 heavy (non-hydrogen) atoms. The maximum atomic E-state index is 12.9. The molecule has 0 N–H and O–H groups in total. The number of aryl methyl sites for hydroxylation is 1.